The smallest absolute Gasteiger partial charge is 0.242 e. The number of amides is 1. The van der Waals surface area contributed by atoms with Crippen molar-refractivity contribution in [2.24, 2.45) is 5.92 Å². The van der Waals surface area contributed by atoms with Gasteiger partial charge >= 0.3 is 0 Å². The second kappa shape index (κ2) is 11.4. The van der Waals surface area contributed by atoms with Crippen molar-refractivity contribution in [2.75, 3.05) is 6.54 Å². The summed E-state index contributed by atoms with van der Waals surface area (Å²) in [7, 11) is 0. The summed E-state index contributed by atoms with van der Waals surface area (Å²) in [5.41, 5.74) is 6.32. The number of halogens is 1. The fraction of sp³-hybridized carbons (Fsp3) is 0.529. The third kappa shape index (κ3) is 9.56. The molecule has 0 saturated heterocycles. The first-order chi connectivity index (χ1) is 11.0. The fourth-order valence-corrected chi connectivity index (χ4v) is 2.51. The van der Waals surface area contributed by atoms with Gasteiger partial charge in [0.25, 0.3) is 0 Å². The summed E-state index contributed by atoms with van der Waals surface area (Å²) in [6.07, 6.45) is 5.28. The van der Waals surface area contributed by atoms with Crippen LogP contribution in [0.15, 0.2) is 28.7 Å². The highest BCUT2D eigenvalue weighted by Crippen LogP contribution is 2.10. The zero-order chi connectivity index (χ0) is 17.1. The van der Waals surface area contributed by atoms with E-state index >= 15 is 0 Å². The Morgan fingerprint density at radius 3 is 2.57 bits per heavy atom. The number of benzene rings is 1. The monoisotopic (exact) mass is 399 g/mol. The van der Waals surface area contributed by atoms with Crippen LogP contribution in [-0.4, -0.2) is 17.6 Å². The second-order valence-corrected chi connectivity index (χ2v) is 7.11. The van der Waals surface area contributed by atoms with E-state index in [4.69, 9.17) is 12.2 Å². The van der Waals surface area contributed by atoms with Gasteiger partial charge < -0.3 is 5.32 Å². The van der Waals surface area contributed by atoms with Crippen molar-refractivity contribution in [1.29, 1.82) is 0 Å². The van der Waals surface area contributed by atoms with Crippen molar-refractivity contribution in [3.05, 3.63) is 34.3 Å². The van der Waals surface area contributed by atoms with E-state index < -0.39 is 0 Å². The summed E-state index contributed by atoms with van der Waals surface area (Å²) >= 11 is 8.54. The Hall–Kier alpha value is -1.14. The molecule has 4 nitrogen and oxygen atoms in total. The predicted molar refractivity (Wildman–Crippen MR) is 103 cm³/mol. The van der Waals surface area contributed by atoms with Crippen LogP contribution in [0.25, 0.3) is 0 Å². The quantitative estimate of drug-likeness (QED) is 0.354. The SMILES string of the molecule is CCCCC[C@H](C)CNC(=S)NNC(=O)Cc1ccc(Br)cc1. The minimum atomic E-state index is -0.118. The molecule has 0 aliphatic rings. The molecule has 0 heterocycles. The number of hydrazine groups is 1. The lowest BCUT2D eigenvalue weighted by Crippen LogP contribution is -2.48. The molecule has 0 fully saturated rings. The van der Waals surface area contributed by atoms with Crippen molar-refractivity contribution in [3.63, 3.8) is 0 Å². The van der Waals surface area contributed by atoms with Gasteiger partial charge in [0.2, 0.25) is 5.91 Å². The first-order valence-electron chi connectivity index (χ1n) is 8.08. The van der Waals surface area contributed by atoms with Crippen molar-refractivity contribution in [1.82, 2.24) is 16.2 Å². The highest BCUT2D eigenvalue weighted by atomic mass is 79.9. The molecular weight excluding hydrogens is 374 g/mol. The number of hydrogen-bond acceptors (Lipinski definition) is 2. The van der Waals surface area contributed by atoms with Gasteiger partial charge in [-0.1, -0.05) is 61.2 Å². The predicted octanol–water partition coefficient (Wildman–Crippen LogP) is 3.70. The molecule has 128 valence electrons. The summed E-state index contributed by atoms with van der Waals surface area (Å²) in [5.74, 6) is 0.451. The van der Waals surface area contributed by atoms with Crippen LogP contribution in [0, 0.1) is 5.92 Å². The summed E-state index contributed by atoms with van der Waals surface area (Å²) in [4.78, 5) is 11.8. The molecule has 23 heavy (non-hydrogen) atoms. The van der Waals surface area contributed by atoms with E-state index in [0.717, 1.165) is 16.6 Å². The van der Waals surface area contributed by atoms with Gasteiger partial charge in [-0.05, 0) is 42.3 Å². The van der Waals surface area contributed by atoms with E-state index in [1.165, 1.54) is 25.7 Å². The number of rotatable bonds is 8. The average molecular weight is 400 g/mol. The van der Waals surface area contributed by atoms with E-state index in [-0.39, 0.29) is 5.91 Å². The molecule has 1 aromatic rings. The van der Waals surface area contributed by atoms with E-state index in [0.29, 0.717) is 17.5 Å². The Kier molecular flexibility index (Phi) is 9.87. The highest BCUT2D eigenvalue weighted by Gasteiger charge is 2.05. The summed E-state index contributed by atoms with van der Waals surface area (Å²) in [6, 6.07) is 7.67. The first kappa shape index (κ1) is 19.9. The lowest BCUT2D eigenvalue weighted by Gasteiger charge is -2.15. The molecule has 3 N–H and O–H groups in total. The number of carbonyl (C=O) groups is 1. The van der Waals surface area contributed by atoms with Gasteiger partial charge in [-0.25, -0.2) is 0 Å². The topological polar surface area (TPSA) is 53.2 Å². The van der Waals surface area contributed by atoms with E-state index in [1.54, 1.807) is 0 Å². The van der Waals surface area contributed by atoms with Crippen molar-refractivity contribution < 1.29 is 4.79 Å². The lowest BCUT2D eigenvalue weighted by atomic mass is 10.0. The summed E-state index contributed by atoms with van der Waals surface area (Å²) < 4.78 is 0.998. The fourth-order valence-electron chi connectivity index (χ4n) is 2.11. The second-order valence-electron chi connectivity index (χ2n) is 5.79. The molecule has 0 aromatic heterocycles. The zero-order valence-corrected chi connectivity index (χ0v) is 16.2. The van der Waals surface area contributed by atoms with E-state index in [1.807, 2.05) is 24.3 Å². The van der Waals surface area contributed by atoms with E-state index in [2.05, 4.69) is 45.9 Å². The standard InChI is InChI=1S/C17H26BrN3OS/c1-3-4-5-6-13(2)12-19-17(23)21-20-16(22)11-14-7-9-15(18)10-8-14/h7-10,13H,3-6,11-12H2,1-2H3,(H,20,22)(H2,19,21,23)/t13-/m0/s1. The molecule has 1 atom stereocenters. The third-order valence-electron chi connectivity index (χ3n) is 3.50. The Bertz CT molecular complexity index is 493. The van der Waals surface area contributed by atoms with Crippen LogP contribution in [0.3, 0.4) is 0 Å². The van der Waals surface area contributed by atoms with Gasteiger partial charge in [0.15, 0.2) is 5.11 Å². The van der Waals surface area contributed by atoms with E-state index in [9.17, 15) is 4.79 Å². The highest BCUT2D eigenvalue weighted by molar-refractivity contribution is 9.10. The van der Waals surface area contributed by atoms with Crippen LogP contribution in [0.4, 0.5) is 0 Å². The maximum atomic E-state index is 11.8. The maximum Gasteiger partial charge on any atom is 0.242 e. The zero-order valence-electron chi connectivity index (χ0n) is 13.8. The summed E-state index contributed by atoms with van der Waals surface area (Å²) in [6.45, 7) is 5.23. The third-order valence-corrected chi connectivity index (χ3v) is 4.28. The van der Waals surface area contributed by atoms with Crippen molar-refractivity contribution in [3.8, 4) is 0 Å². The normalized spacial score (nSPS) is 11.6. The first-order valence-corrected chi connectivity index (χ1v) is 9.28. The molecule has 0 aliphatic heterocycles. The Balaban J connectivity index is 2.17. The number of thiocarbonyl (C=S) groups is 1. The van der Waals surface area contributed by atoms with Crippen LogP contribution in [-0.2, 0) is 11.2 Å². The van der Waals surface area contributed by atoms with Gasteiger partial charge in [-0.2, -0.15) is 0 Å². The van der Waals surface area contributed by atoms with Crippen LogP contribution in [0.2, 0.25) is 0 Å². The Morgan fingerprint density at radius 1 is 1.22 bits per heavy atom. The van der Waals surface area contributed by atoms with Crippen LogP contribution in [0.5, 0.6) is 0 Å². The molecule has 0 bridgehead atoms. The number of carbonyl (C=O) groups excluding carboxylic acids is 1. The summed E-state index contributed by atoms with van der Waals surface area (Å²) in [5, 5.41) is 3.59. The minimum absolute atomic E-state index is 0.118. The molecule has 0 spiro atoms. The Morgan fingerprint density at radius 2 is 1.91 bits per heavy atom. The lowest BCUT2D eigenvalue weighted by molar-refractivity contribution is -0.121. The van der Waals surface area contributed by atoms with Gasteiger partial charge in [0, 0.05) is 11.0 Å². The van der Waals surface area contributed by atoms with Crippen molar-refractivity contribution >= 4 is 39.2 Å². The van der Waals surface area contributed by atoms with Crippen molar-refractivity contribution in [2.45, 2.75) is 46.0 Å². The number of nitrogens with one attached hydrogen (secondary N) is 3. The average Bonchev–Trinajstić information content (AvgIpc) is 2.53. The molecule has 1 aromatic carbocycles. The van der Waals surface area contributed by atoms with Crippen LogP contribution >= 0.6 is 28.1 Å². The number of unbranched alkanes of at least 4 members (excludes halogenated alkanes) is 2. The van der Waals surface area contributed by atoms with Gasteiger partial charge in [0.1, 0.15) is 0 Å². The Labute approximate surface area is 152 Å². The van der Waals surface area contributed by atoms with Gasteiger partial charge in [0.05, 0.1) is 6.42 Å². The molecule has 0 unspecified atom stereocenters. The molecule has 1 amide bonds. The maximum absolute atomic E-state index is 11.8. The van der Waals surface area contributed by atoms with Gasteiger partial charge in [-0.3, -0.25) is 15.6 Å². The van der Waals surface area contributed by atoms with Crippen LogP contribution in [0.1, 0.15) is 45.1 Å². The number of hydrogen-bond donors (Lipinski definition) is 3. The minimum Gasteiger partial charge on any atom is -0.361 e. The molecule has 1 rings (SSSR count). The molecule has 0 saturated carbocycles. The van der Waals surface area contributed by atoms with Gasteiger partial charge in [-0.15, -0.1) is 0 Å². The molecule has 6 heteroatoms. The molecule has 0 aliphatic carbocycles. The molecule has 0 radical (unpaired) electrons. The van der Waals surface area contributed by atoms with Crippen LogP contribution < -0.4 is 16.2 Å². The largest absolute Gasteiger partial charge is 0.361 e. The molecular formula is C17H26BrN3OS.